The number of hydrogen-bond acceptors (Lipinski definition) is 1. The maximum Gasteiger partial charge on any atom is 0.251 e. The average Bonchev–Trinajstić information content (AvgIpc) is 2.72. The summed E-state index contributed by atoms with van der Waals surface area (Å²) in [7, 11) is 0. The van der Waals surface area contributed by atoms with E-state index in [-0.39, 0.29) is 5.91 Å². The highest BCUT2D eigenvalue weighted by atomic mass is 35.5. The minimum absolute atomic E-state index is 0.0450. The second-order valence-corrected chi connectivity index (χ2v) is 5.87. The van der Waals surface area contributed by atoms with Crippen LogP contribution in [-0.4, -0.2) is 17.8 Å². The molecule has 0 bridgehead atoms. The van der Waals surface area contributed by atoms with Crippen molar-refractivity contribution in [2.75, 3.05) is 6.54 Å². The van der Waals surface area contributed by atoms with E-state index in [4.69, 9.17) is 11.6 Å². The number of carbonyl (C=O) groups excluding carboxylic acids is 1. The van der Waals surface area contributed by atoms with E-state index in [9.17, 15) is 4.79 Å². The lowest BCUT2D eigenvalue weighted by Gasteiger charge is -2.13. The third-order valence-corrected chi connectivity index (χ3v) is 4.13. The molecule has 1 N–H and O–H groups in total. The molecule has 2 rings (SSSR count). The Balaban J connectivity index is 1.96. The summed E-state index contributed by atoms with van der Waals surface area (Å²) in [6.07, 6.45) is 3.22. The molecule has 18 heavy (non-hydrogen) atoms. The summed E-state index contributed by atoms with van der Waals surface area (Å²) < 4.78 is 0. The Morgan fingerprint density at radius 3 is 2.56 bits per heavy atom. The molecule has 3 heteroatoms. The monoisotopic (exact) mass is 265 g/mol. The van der Waals surface area contributed by atoms with Crippen molar-refractivity contribution >= 4 is 17.5 Å². The molecule has 1 aliphatic rings. The smallest absolute Gasteiger partial charge is 0.251 e. The lowest BCUT2D eigenvalue weighted by atomic mass is 10.0. The predicted octanol–water partition coefficient (Wildman–Crippen LogP) is 3.44. The number of halogens is 1. The van der Waals surface area contributed by atoms with Crippen molar-refractivity contribution in [2.45, 2.75) is 38.5 Å². The van der Waals surface area contributed by atoms with Gasteiger partial charge in [-0.3, -0.25) is 4.79 Å². The summed E-state index contributed by atoms with van der Waals surface area (Å²) in [6.45, 7) is 4.70. The zero-order chi connectivity index (χ0) is 13.1. The van der Waals surface area contributed by atoms with Crippen molar-refractivity contribution in [3.63, 3.8) is 0 Å². The summed E-state index contributed by atoms with van der Waals surface area (Å²) in [4.78, 5) is 12.2. The average molecular weight is 266 g/mol. The number of nitrogens with one attached hydrogen (secondary N) is 1. The van der Waals surface area contributed by atoms with E-state index < -0.39 is 0 Å². The molecular weight excluding hydrogens is 246 g/mol. The summed E-state index contributed by atoms with van der Waals surface area (Å²) in [5.74, 6) is 0.587. The normalized spacial score (nSPS) is 23.1. The van der Waals surface area contributed by atoms with Crippen LogP contribution in [0.5, 0.6) is 0 Å². The van der Waals surface area contributed by atoms with Gasteiger partial charge in [-0.1, -0.05) is 18.2 Å². The summed E-state index contributed by atoms with van der Waals surface area (Å²) in [5, 5.41) is 3.34. The molecule has 0 saturated heterocycles. The van der Waals surface area contributed by atoms with Gasteiger partial charge in [0.2, 0.25) is 0 Å². The SMILES string of the molecule is Cc1cccc(C)c1C(=O)NCC1CCC(Cl)C1. The quantitative estimate of drug-likeness (QED) is 0.834. The van der Waals surface area contributed by atoms with Crippen molar-refractivity contribution < 1.29 is 4.79 Å². The lowest BCUT2D eigenvalue weighted by Crippen LogP contribution is -2.29. The van der Waals surface area contributed by atoms with Gasteiger partial charge in [-0.25, -0.2) is 0 Å². The van der Waals surface area contributed by atoms with E-state index >= 15 is 0 Å². The fourth-order valence-electron chi connectivity index (χ4n) is 2.70. The van der Waals surface area contributed by atoms with Gasteiger partial charge in [-0.2, -0.15) is 0 Å². The van der Waals surface area contributed by atoms with E-state index in [1.54, 1.807) is 0 Å². The van der Waals surface area contributed by atoms with Gasteiger partial charge in [0.25, 0.3) is 5.91 Å². The van der Waals surface area contributed by atoms with E-state index in [1.807, 2.05) is 32.0 Å². The number of benzene rings is 1. The molecule has 1 saturated carbocycles. The van der Waals surface area contributed by atoms with E-state index in [0.29, 0.717) is 11.3 Å². The van der Waals surface area contributed by atoms with Crippen LogP contribution in [0.3, 0.4) is 0 Å². The Hall–Kier alpha value is -1.02. The summed E-state index contributed by atoms with van der Waals surface area (Å²) in [6, 6.07) is 5.94. The Bertz CT molecular complexity index is 424. The van der Waals surface area contributed by atoms with Crippen LogP contribution in [0.15, 0.2) is 18.2 Å². The van der Waals surface area contributed by atoms with Crippen LogP contribution in [0.4, 0.5) is 0 Å². The number of amides is 1. The molecule has 0 aromatic heterocycles. The first-order valence-corrected chi connectivity index (χ1v) is 7.00. The van der Waals surface area contributed by atoms with Crippen LogP contribution in [0, 0.1) is 19.8 Å². The molecule has 1 aromatic carbocycles. The van der Waals surface area contributed by atoms with Crippen LogP contribution in [0.1, 0.15) is 40.7 Å². The fourth-order valence-corrected chi connectivity index (χ4v) is 3.08. The largest absolute Gasteiger partial charge is 0.352 e. The third-order valence-electron chi connectivity index (χ3n) is 3.74. The fraction of sp³-hybridized carbons (Fsp3) is 0.533. The maximum atomic E-state index is 12.2. The summed E-state index contributed by atoms with van der Waals surface area (Å²) in [5.41, 5.74) is 2.89. The van der Waals surface area contributed by atoms with Crippen LogP contribution in [0.2, 0.25) is 0 Å². The molecule has 1 aliphatic carbocycles. The van der Waals surface area contributed by atoms with E-state index in [1.165, 1.54) is 0 Å². The van der Waals surface area contributed by atoms with Crippen molar-refractivity contribution in [3.05, 3.63) is 34.9 Å². The van der Waals surface area contributed by atoms with Gasteiger partial charge < -0.3 is 5.32 Å². The van der Waals surface area contributed by atoms with Gasteiger partial charge in [0.05, 0.1) is 0 Å². The molecule has 0 radical (unpaired) electrons. The van der Waals surface area contributed by atoms with Gasteiger partial charge in [0.15, 0.2) is 0 Å². The molecule has 1 amide bonds. The van der Waals surface area contributed by atoms with Gasteiger partial charge in [0.1, 0.15) is 0 Å². The van der Waals surface area contributed by atoms with Crippen LogP contribution >= 0.6 is 11.6 Å². The van der Waals surface area contributed by atoms with E-state index in [0.717, 1.165) is 42.5 Å². The van der Waals surface area contributed by atoms with Crippen LogP contribution in [-0.2, 0) is 0 Å². The minimum atomic E-state index is 0.0450. The zero-order valence-corrected chi connectivity index (χ0v) is 11.8. The molecule has 98 valence electrons. The number of alkyl halides is 1. The number of hydrogen-bond donors (Lipinski definition) is 1. The molecule has 0 aliphatic heterocycles. The van der Waals surface area contributed by atoms with Crippen molar-refractivity contribution in [1.29, 1.82) is 0 Å². The minimum Gasteiger partial charge on any atom is -0.352 e. The molecule has 2 atom stereocenters. The molecule has 0 heterocycles. The first-order valence-electron chi connectivity index (χ1n) is 6.56. The first-order chi connectivity index (χ1) is 8.58. The highest BCUT2D eigenvalue weighted by Gasteiger charge is 2.23. The highest BCUT2D eigenvalue weighted by Crippen LogP contribution is 2.28. The molecule has 0 spiro atoms. The standard InChI is InChI=1S/C15H20ClNO/c1-10-4-3-5-11(2)14(10)15(18)17-9-12-6-7-13(16)8-12/h3-5,12-13H,6-9H2,1-2H3,(H,17,18). The van der Waals surface area contributed by atoms with Gasteiger partial charge >= 0.3 is 0 Å². The number of aryl methyl sites for hydroxylation is 2. The lowest BCUT2D eigenvalue weighted by molar-refractivity contribution is 0.0946. The third kappa shape index (κ3) is 3.05. The predicted molar refractivity (Wildman–Crippen MR) is 75.2 cm³/mol. The highest BCUT2D eigenvalue weighted by molar-refractivity contribution is 6.20. The Labute approximate surface area is 114 Å². The van der Waals surface area contributed by atoms with Gasteiger partial charge in [-0.05, 0) is 50.2 Å². The molecular formula is C15H20ClNO. The second kappa shape index (κ2) is 5.75. The van der Waals surface area contributed by atoms with Crippen LogP contribution < -0.4 is 5.32 Å². The van der Waals surface area contributed by atoms with Crippen molar-refractivity contribution in [3.8, 4) is 0 Å². The Morgan fingerprint density at radius 2 is 2.00 bits per heavy atom. The zero-order valence-electron chi connectivity index (χ0n) is 11.0. The van der Waals surface area contributed by atoms with Crippen molar-refractivity contribution in [1.82, 2.24) is 5.32 Å². The molecule has 1 fully saturated rings. The van der Waals surface area contributed by atoms with Gasteiger partial charge in [0, 0.05) is 17.5 Å². The molecule has 2 nitrogen and oxygen atoms in total. The van der Waals surface area contributed by atoms with Crippen LogP contribution in [0.25, 0.3) is 0 Å². The first kappa shape index (κ1) is 13.4. The molecule has 1 aromatic rings. The number of carbonyl (C=O) groups is 1. The Kier molecular flexibility index (Phi) is 4.28. The van der Waals surface area contributed by atoms with Gasteiger partial charge in [-0.15, -0.1) is 11.6 Å². The number of rotatable bonds is 3. The maximum absolute atomic E-state index is 12.2. The van der Waals surface area contributed by atoms with Crippen molar-refractivity contribution in [2.24, 2.45) is 5.92 Å². The van der Waals surface area contributed by atoms with E-state index in [2.05, 4.69) is 5.32 Å². The summed E-state index contributed by atoms with van der Waals surface area (Å²) >= 11 is 6.08. The topological polar surface area (TPSA) is 29.1 Å². The Morgan fingerprint density at radius 1 is 1.33 bits per heavy atom. The molecule has 2 unspecified atom stereocenters. The second-order valence-electron chi connectivity index (χ2n) is 5.25.